The van der Waals surface area contributed by atoms with Crippen molar-refractivity contribution in [2.24, 2.45) is 5.92 Å². The van der Waals surface area contributed by atoms with Gasteiger partial charge in [-0.3, -0.25) is 4.79 Å². The molecular formula is C17H19NO3S. The summed E-state index contributed by atoms with van der Waals surface area (Å²) in [6.45, 7) is 0. The normalized spacial score (nSPS) is 16.7. The van der Waals surface area contributed by atoms with Crippen LogP contribution in [0.25, 0.3) is 10.1 Å². The number of carbonyl (C=O) groups excluding carboxylic acids is 1. The quantitative estimate of drug-likeness (QED) is 0.890. The highest BCUT2D eigenvalue weighted by Crippen LogP contribution is 2.29. The van der Waals surface area contributed by atoms with Crippen molar-refractivity contribution < 1.29 is 14.7 Å². The van der Waals surface area contributed by atoms with E-state index in [0.717, 1.165) is 41.3 Å². The molecule has 0 radical (unpaired) electrons. The van der Waals surface area contributed by atoms with Crippen molar-refractivity contribution in [1.82, 2.24) is 5.32 Å². The number of fused-ring (bicyclic) bond motifs is 1. The SMILES string of the molecule is O=C(Cc1csc2ccccc12)N[C@H](C(=O)O)C1CCCC1. The van der Waals surface area contributed by atoms with Crippen LogP contribution in [-0.4, -0.2) is 23.0 Å². The molecule has 1 saturated carbocycles. The molecule has 1 aromatic heterocycles. The Morgan fingerprint density at radius 1 is 1.27 bits per heavy atom. The zero-order valence-corrected chi connectivity index (χ0v) is 13.1. The Morgan fingerprint density at radius 2 is 2.00 bits per heavy atom. The second kappa shape index (κ2) is 6.48. The van der Waals surface area contributed by atoms with Gasteiger partial charge in [0, 0.05) is 4.70 Å². The summed E-state index contributed by atoms with van der Waals surface area (Å²) >= 11 is 1.61. The fourth-order valence-electron chi connectivity index (χ4n) is 3.24. The second-order valence-electron chi connectivity index (χ2n) is 5.86. The molecule has 3 rings (SSSR count). The molecule has 5 heteroatoms. The van der Waals surface area contributed by atoms with Crippen LogP contribution in [0.1, 0.15) is 31.2 Å². The minimum atomic E-state index is -0.921. The molecule has 0 saturated heterocycles. The Labute approximate surface area is 133 Å². The minimum Gasteiger partial charge on any atom is -0.480 e. The minimum absolute atomic E-state index is 0.0701. The smallest absolute Gasteiger partial charge is 0.326 e. The lowest BCUT2D eigenvalue weighted by Gasteiger charge is -2.20. The van der Waals surface area contributed by atoms with E-state index in [4.69, 9.17) is 0 Å². The molecule has 1 amide bonds. The Balaban J connectivity index is 1.69. The number of nitrogens with one attached hydrogen (secondary N) is 1. The highest BCUT2D eigenvalue weighted by Gasteiger charge is 2.31. The van der Waals surface area contributed by atoms with Crippen molar-refractivity contribution in [3.63, 3.8) is 0 Å². The van der Waals surface area contributed by atoms with Gasteiger partial charge in [0.25, 0.3) is 0 Å². The number of thiophene rings is 1. The largest absolute Gasteiger partial charge is 0.480 e. The van der Waals surface area contributed by atoms with Crippen molar-refractivity contribution in [1.29, 1.82) is 0 Å². The van der Waals surface area contributed by atoms with E-state index in [-0.39, 0.29) is 18.2 Å². The molecule has 4 nitrogen and oxygen atoms in total. The van der Waals surface area contributed by atoms with Gasteiger partial charge in [0.2, 0.25) is 5.91 Å². The van der Waals surface area contributed by atoms with Crippen molar-refractivity contribution in [2.75, 3.05) is 0 Å². The second-order valence-corrected chi connectivity index (χ2v) is 6.77. The fourth-order valence-corrected chi connectivity index (χ4v) is 4.20. The number of rotatable bonds is 5. The maximum absolute atomic E-state index is 12.3. The Bertz CT molecular complexity index is 688. The summed E-state index contributed by atoms with van der Waals surface area (Å²) in [6.07, 6.45) is 4.12. The third-order valence-electron chi connectivity index (χ3n) is 4.37. The number of hydrogen-bond donors (Lipinski definition) is 2. The van der Waals surface area contributed by atoms with Crippen molar-refractivity contribution in [3.8, 4) is 0 Å². The number of amides is 1. The zero-order valence-electron chi connectivity index (χ0n) is 12.2. The summed E-state index contributed by atoms with van der Waals surface area (Å²) in [5.41, 5.74) is 0.966. The van der Waals surface area contributed by atoms with E-state index in [9.17, 15) is 14.7 Å². The van der Waals surface area contributed by atoms with Crippen molar-refractivity contribution in [3.05, 3.63) is 35.2 Å². The number of aliphatic carboxylic acids is 1. The van der Waals surface area contributed by atoms with Gasteiger partial charge in [-0.2, -0.15) is 0 Å². The first-order valence-corrected chi connectivity index (χ1v) is 8.50. The van der Waals surface area contributed by atoms with Crippen LogP contribution in [0.5, 0.6) is 0 Å². The highest BCUT2D eigenvalue weighted by atomic mass is 32.1. The van der Waals surface area contributed by atoms with E-state index in [1.165, 1.54) is 0 Å². The highest BCUT2D eigenvalue weighted by molar-refractivity contribution is 7.17. The van der Waals surface area contributed by atoms with Gasteiger partial charge < -0.3 is 10.4 Å². The Hall–Kier alpha value is -1.88. The van der Waals surface area contributed by atoms with Gasteiger partial charge >= 0.3 is 5.97 Å². The molecule has 1 aromatic carbocycles. The van der Waals surface area contributed by atoms with E-state index >= 15 is 0 Å². The van der Waals surface area contributed by atoms with E-state index in [1.54, 1.807) is 11.3 Å². The van der Waals surface area contributed by atoms with Crippen molar-refractivity contribution >= 4 is 33.3 Å². The van der Waals surface area contributed by atoms with Crippen LogP contribution in [0.4, 0.5) is 0 Å². The average molecular weight is 317 g/mol. The van der Waals surface area contributed by atoms with Crippen LogP contribution in [0, 0.1) is 5.92 Å². The van der Waals surface area contributed by atoms with Gasteiger partial charge in [0.15, 0.2) is 0 Å². The van der Waals surface area contributed by atoms with Crippen LogP contribution in [0.3, 0.4) is 0 Å². The van der Waals surface area contributed by atoms with E-state index in [0.29, 0.717) is 0 Å². The summed E-state index contributed by atoms with van der Waals surface area (Å²) in [5, 5.41) is 15.2. The molecule has 116 valence electrons. The van der Waals surface area contributed by atoms with Crippen LogP contribution in [-0.2, 0) is 16.0 Å². The average Bonchev–Trinajstić information content (AvgIpc) is 3.15. The molecule has 1 fully saturated rings. The number of hydrogen-bond acceptors (Lipinski definition) is 3. The lowest BCUT2D eigenvalue weighted by molar-refractivity contribution is -0.143. The Morgan fingerprint density at radius 3 is 2.73 bits per heavy atom. The van der Waals surface area contributed by atoms with Gasteiger partial charge in [-0.15, -0.1) is 11.3 Å². The zero-order chi connectivity index (χ0) is 15.5. The lowest BCUT2D eigenvalue weighted by Crippen LogP contribution is -2.45. The molecule has 0 unspecified atom stereocenters. The van der Waals surface area contributed by atoms with Gasteiger partial charge in [-0.1, -0.05) is 31.0 Å². The van der Waals surface area contributed by atoms with E-state index < -0.39 is 12.0 Å². The first-order chi connectivity index (χ1) is 10.6. The van der Waals surface area contributed by atoms with E-state index in [1.807, 2.05) is 29.6 Å². The van der Waals surface area contributed by atoms with Gasteiger partial charge in [0.05, 0.1) is 6.42 Å². The fraction of sp³-hybridized carbons (Fsp3) is 0.412. The maximum atomic E-state index is 12.3. The summed E-state index contributed by atoms with van der Waals surface area (Å²) < 4.78 is 1.15. The molecular weight excluding hydrogens is 298 g/mol. The molecule has 1 aliphatic rings. The monoisotopic (exact) mass is 317 g/mol. The maximum Gasteiger partial charge on any atom is 0.326 e. The van der Waals surface area contributed by atoms with Gasteiger partial charge in [-0.25, -0.2) is 4.79 Å². The molecule has 1 atom stereocenters. The third kappa shape index (κ3) is 3.14. The van der Waals surface area contributed by atoms with Crippen LogP contribution in [0.2, 0.25) is 0 Å². The number of carboxylic acids is 1. The molecule has 0 spiro atoms. The van der Waals surface area contributed by atoms with E-state index in [2.05, 4.69) is 5.32 Å². The standard InChI is InChI=1S/C17H19NO3S/c19-15(18-16(17(20)21)11-5-1-2-6-11)9-12-10-22-14-8-4-3-7-13(12)14/h3-4,7-8,10-11,16H,1-2,5-6,9H2,(H,18,19)(H,20,21)/t16-/m0/s1. The molecule has 2 N–H and O–H groups in total. The lowest BCUT2D eigenvalue weighted by atomic mass is 9.98. The topological polar surface area (TPSA) is 66.4 Å². The van der Waals surface area contributed by atoms with Gasteiger partial charge in [0.1, 0.15) is 6.04 Å². The molecule has 2 aromatic rings. The third-order valence-corrected chi connectivity index (χ3v) is 5.38. The Kier molecular flexibility index (Phi) is 4.43. The summed E-state index contributed by atoms with van der Waals surface area (Å²) in [4.78, 5) is 23.7. The van der Waals surface area contributed by atoms with Crippen LogP contribution >= 0.6 is 11.3 Å². The first-order valence-electron chi connectivity index (χ1n) is 7.62. The summed E-state index contributed by atoms with van der Waals surface area (Å²) in [7, 11) is 0. The molecule has 1 heterocycles. The molecule has 0 aliphatic heterocycles. The molecule has 0 bridgehead atoms. The van der Waals surface area contributed by atoms with Crippen LogP contribution in [0.15, 0.2) is 29.6 Å². The summed E-state index contributed by atoms with van der Waals surface area (Å²) in [6, 6.07) is 7.21. The number of carboxylic acid groups (broad SMARTS) is 1. The predicted octanol–water partition coefficient (Wildman–Crippen LogP) is 3.20. The predicted molar refractivity (Wildman–Crippen MR) is 87.1 cm³/mol. The first kappa shape index (κ1) is 15.0. The number of benzene rings is 1. The number of carbonyl (C=O) groups is 2. The van der Waals surface area contributed by atoms with Gasteiger partial charge in [-0.05, 0) is 41.2 Å². The molecule has 22 heavy (non-hydrogen) atoms. The van der Waals surface area contributed by atoms with Crippen LogP contribution < -0.4 is 5.32 Å². The summed E-state index contributed by atoms with van der Waals surface area (Å²) in [5.74, 6) is -1.06. The van der Waals surface area contributed by atoms with Crippen molar-refractivity contribution in [2.45, 2.75) is 38.1 Å². The molecule has 1 aliphatic carbocycles.